The molecule has 2 rings (SSSR count). The van der Waals surface area contributed by atoms with E-state index in [1.807, 2.05) is 12.1 Å². The summed E-state index contributed by atoms with van der Waals surface area (Å²) in [6, 6.07) is 5.47. The van der Waals surface area contributed by atoms with Crippen LogP contribution in [0.1, 0.15) is 12.7 Å². The number of aliphatic hydroxyl groups excluding tert-OH is 1. The first-order chi connectivity index (χ1) is 7.69. The van der Waals surface area contributed by atoms with Gasteiger partial charge in [0.05, 0.1) is 17.6 Å². The molecule has 16 heavy (non-hydrogen) atoms. The second-order valence-corrected chi connectivity index (χ2v) is 3.57. The average Bonchev–Trinajstić information content (AvgIpc) is 2.59. The second kappa shape index (κ2) is 4.32. The van der Waals surface area contributed by atoms with Crippen molar-refractivity contribution in [2.45, 2.75) is 13.3 Å². The van der Waals surface area contributed by atoms with Crippen molar-refractivity contribution in [2.24, 2.45) is 0 Å². The standard InChI is InChI=1S/C11H13N3O2/c1-7(16)12-8-2-3-9-10(6-8)14-11(13-9)4-5-15/h2-3,6,15H,4-5H2,1H3,(H,12,16)(H,13,14). The van der Waals surface area contributed by atoms with E-state index in [1.54, 1.807) is 6.07 Å². The molecular formula is C11H13N3O2. The Hall–Kier alpha value is -1.88. The molecule has 3 N–H and O–H groups in total. The SMILES string of the molecule is CC(=O)Nc1ccc2[nH]c(CCO)nc2c1. The normalized spacial score (nSPS) is 10.6. The van der Waals surface area contributed by atoms with Crippen LogP contribution in [0, 0.1) is 0 Å². The third-order valence-corrected chi connectivity index (χ3v) is 2.20. The van der Waals surface area contributed by atoms with Crippen LogP contribution in [0.5, 0.6) is 0 Å². The predicted octanol–water partition coefficient (Wildman–Crippen LogP) is 1.06. The lowest BCUT2D eigenvalue weighted by Gasteiger charge is -2.00. The molecule has 84 valence electrons. The number of aromatic amines is 1. The van der Waals surface area contributed by atoms with Crippen LogP contribution in [0.3, 0.4) is 0 Å². The molecule has 0 aliphatic carbocycles. The molecule has 0 saturated carbocycles. The van der Waals surface area contributed by atoms with E-state index in [1.165, 1.54) is 6.92 Å². The van der Waals surface area contributed by atoms with Crippen molar-refractivity contribution in [3.63, 3.8) is 0 Å². The van der Waals surface area contributed by atoms with Crippen LogP contribution in [0.2, 0.25) is 0 Å². The molecule has 0 bridgehead atoms. The van der Waals surface area contributed by atoms with Gasteiger partial charge in [0.2, 0.25) is 5.91 Å². The van der Waals surface area contributed by atoms with Gasteiger partial charge in [-0.15, -0.1) is 0 Å². The van der Waals surface area contributed by atoms with E-state index in [9.17, 15) is 4.79 Å². The van der Waals surface area contributed by atoms with Crippen molar-refractivity contribution >= 4 is 22.6 Å². The minimum Gasteiger partial charge on any atom is -0.396 e. The maximum atomic E-state index is 10.9. The fraction of sp³-hybridized carbons (Fsp3) is 0.273. The Labute approximate surface area is 92.5 Å². The van der Waals surface area contributed by atoms with Gasteiger partial charge in [0, 0.05) is 19.0 Å². The smallest absolute Gasteiger partial charge is 0.221 e. The number of fused-ring (bicyclic) bond motifs is 1. The molecule has 0 aliphatic heterocycles. The van der Waals surface area contributed by atoms with E-state index < -0.39 is 0 Å². The topological polar surface area (TPSA) is 78.0 Å². The lowest BCUT2D eigenvalue weighted by atomic mass is 10.3. The van der Waals surface area contributed by atoms with Gasteiger partial charge in [-0.2, -0.15) is 0 Å². The Morgan fingerprint density at radius 1 is 1.56 bits per heavy atom. The summed E-state index contributed by atoms with van der Waals surface area (Å²) in [6.45, 7) is 1.53. The molecule has 1 amide bonds. The number of nitrogens with one attached hydrogen (secondary N) is 2. The highest BCUT2D eigenvalue weighted by Gasteiger charge is 2.03. The molecule has 1 heterocycles. The van der Waals surface area contributed by atoms with E-state index in [4.69, 9.17) is 5.11 Å². The fourth-order valence-electron chi connectivity index (χ4n) is 1.56. The highest BCUT2D eigenvalue weighted by atomic mass is 16.3. The van der Waals surface area contributed by atoms with Gasteiger partial charge in [-0.1, -0.05) is 0 Å². The van der Waals surface area contributed by atoms with Gasteiger partial charge in [-0.3, -0.25) is 4.79 Å². The highest BCUT2D eigenvalue weighted by molar-refractivity contribution is 5.91. The molecule has 0 aliphatic rings. The van der Waals surface area contributed by atoms with E-state index in [0.29, 0.717) is 6.42 Å². The number of anilines is 1. The number of carbonyl (C=O) groups excluding carboxylic acids is 1. The van der Waals surface area contributed by atoms with Crippen LogP contribution in [-0.4, -0.2) is 27.6 Å². The minimum absolute atomic E-state index is 0.0678. The molecule has 5 nitrogen and oxygen atoms in total. The van der Waals surface area contributed by atoms with Gasteiger partial charge in [0.25, 0.3) is 0 Å². The molecule has 0 fully saturated rings. The number of H-pyrrole nitrogens is 1. The maximum absolute atomic E-state index is 10.9. The van der Waals surface area contributed by atoms with Crippen molar-refractivity contribution < 1.29 is 9.90 Å². The Balaban J connectivity index is 2.33. The van der Waals surface area contributed by atoms with Gasteiger partial charge in [0.15, 0.2) is 0 Å². The number of amides is 1. The Morgan fingerprint density at radius 2 is 2.38 bits per heavy atom. The number of imidazole rings is 1. The average molecular weight is 219 g/mol. The van der Waals surface area contributed by atoms with Crippen LogP contribution in [-0.2, 0) is 11.2 Å². The molecular weight excluding hydrogens is 206 g/mol. The molecule has 0 unspecified atom stereocenters. The van der Waals surface area contributed by atoms with E-state index in [2.05, 4.69) is 15.3 Å². The zero-order chi connectivity index (χ0) is 11.5. The zero-order valence-corrected chi connectivity index (χ0v) is 8.95. The van der Waals surface area contributed by atoms with Crippen LogP contribution in [0.15, 0.2) is 18.2 Å². The van der Waals surface area contributed by atoms with E-state index >= 15 is 0 Å². The summed E-state index contributed by atoms with van der Waals surface area (Å²) in [5, 5.41) is 11.5. The number of hydrogen-bond acceptors (Lipinski definition) is 3. The molecule has 0 radical (unpaired) electrons. The monoisotopic (exact) mass is 219 g/mol. The van der Waals surface area contributed by atoms with Gasteiger partial charge in [-0.05, 0) is 18.2 Å². The van der Waals surface area contributed by atoms with Crippen molar-refractivity contribution in [3.8, 4) is 0 Å². The summed E-state index contributed by atoms with van der Waals surface area (Å²) in [4.78, 5) is 18.3. The largest absolute Gasteiger partial charge is 0.396 e. The first-order valence-corrected chi connectivity index (χ1v) is 5.06. The molecule has 0 spiro atoms. The third kappa shape index (κ3) is 2.20. The van der Waals surface area contributed by atoms with Crippen LogP contribution >= 0.6 is 0 Å². The first-order valence-electron chi connectivity index (χ1n) is 5.06. The molecule has 0 saturated heterocycles. The number of hydrogen-bond donors (Lipinski definition) is 3. The zero-order valence-electron chi connectivity index (χ0n) is 8.95. The third-order valence-electron chi connectivity index (χ3n) is 2.20. The summed E-state index contributed by atoms with van der Waals surface area (Å²) in [5.41, 5.74) is 2.41. The number of carbonyl (C=O) groups is 1. The quantitative estimate of drug-likeness (QED) is 0.722. The van der Waals surface area contributed by atoms with Gasteiger partial charge >= 0.3 is 0 Å². The summed E-state index contributed by atoms with van der Waals surface area (Å²) in [5.74, 6) is 0.642. The number of aromatic nitrogens is 2. The summed E-state index contributed by atoms with van der Waals surface area (Å²) < 4.78 is 0. The van der Waals surface area contributed by atoms with Crippen LogP contribution < -0.4 is 5.32 Å². The minimum atomic E-state index is -0.106. The number of benzene rings is 1. The number of rotatable bonds is 3. The highest BCUT2D eigenvalue weighted by Crippen LogP contribution is 2.17. The molecule has 2 aromatic rings. The predicted molar refractivity (Wildman–Crippen MR) is 61.2 cm³/mol. The van der Waals surface area contributed by atoms with Crippen LogP contribution in [0.25, 0.3) is 11.0 Å². The number of nitrogens with zero attached hydrogens (tertiary/aromatic N) is 1. The molecule has 0 atom stereocenters. The van der Waals surface area contributed by atoms with Gasteiger partial charge in [0.1, 0.15) is 5.82 Å². The van der Waals surface area contributed by atoms with Gasteiger partial charge in [-0.25, -0.2) is 4.98 Å². The fourth-order valence-corrected chi connectivity index (χ4v) is 1.56. The van der Waals surface area contributed by atoms with E-state index in [-0.39, 0.29) is 12.5 Å². The lowest BCUT2D eigenvalue weighted by Crippen LogP contribution is -2.05. The molecule has 1 aromatic carbocycles. The number of aliphatic hydroxyl groups is 1. The summed E-state index contributed by atoms with van der Waals surface area (Å²) >= 11 is 0. The van der Waals surface area contributed by atoms with Gasteiger partial charge < -0.3 is 15.4 Å². The second-order valence-electron chi connectivity index (χ2n) is 3.57. The van der Waals surface area contributed by atoms with E-state index in [0.717, 1.165) is 22.5 Å². The molecule has 5 heteroatoms. The van der Waals surface area contributed by atoms with Crippen molar-refractivity contribution in [1.29, 1.82) is 0 Å². The molecule has 1 aromatic heterocycles. The lowest BCUT2D eigenvalue weighted by molar-refractivity contribution is -0.114. The van der Waals surface area contributed by atoms with Crippen LogP contribution in [0.4, 0.5) is 5.69 Å². The van der Waals surface area contributed by atoms with Crippen molar-refractivity contribution in [3.05, 3.63) is 24.0 Å². The Bertz CT molecular complexity index is 519. The maximum Gasteiger partial charge on any atom is 0.221 e. The summed E-state index contributed by atoms with van der Waals surface area (Å²) in [7, 11) is 0. The Morgan fingerprint density at radius 3 is 3.06 bits per heavy atom. The Kier molecular flexibility index (Phi) is 2.87. The van der Waals surface area contributed by atoms with Crippen molar-refractivity contribution in [1.82, 2.24) is 9.97 Å². The summed E-state index contributed by atoms with van der Waals surface area (Å²) in [6.07, 6.45) is 0.504. The first kappa shape index (κ1) is 10.6. The van der Waals surface area contributed by atoms with Crippen molar-refractivity contribution in [2.75, 3.05) is 11.9 Å².